The molecule has 0 radical (unpaired) electrons. The lowest BCUT2D eigenvalue weighted by Gasteiger charge is -2.17. The number of pyridine rings is 1. The number of rotatable bonds is 8. The van der Waals surface area contributed by atoms with E-state index in [4.69, 9.17) is 9.84 Å². The zero-order valence-corrected chi connectivity index (χ0v) is 18.0. The van der Waals surface area contributed by atoms with Gasteiger partial charge in [0, 0.05) is 25.8 Å². The molecule has 0 aliphatic rings. The van der Waals surface area contributed by atoms with Crippen molar-refractivity contribution >= 4 is 11.0 Å². The topological polar surface area (TPSA) is 86.3 Å². The number of aliphatic hydroxyl groups is 1. The average Bonchev–Trinajstić information content (AvgIpc) is 2.70. The molecule has 30 heavy (non-hydrogen) atoms. The zero-order chi connectivity index (χ0) is 21.8. The van der Waals surface area contributed by atoms with Crippen LogP contribution in [0.3, 0.4) is 0 Å². The lowest BCUT2D eigenvalue weighted by molar-refractivity contribution is 0.277. The summed E-state index contributed by atoms with van der Waals surface area (Å²) >= 11 is 0. The van der Waals surface area contributed by atoms with Crippen LogP contribution in [0.1, 0.15) is 37.8 Å². The molecule has 3 aromatic rings. The molecular weight excluding hydrogens is 382 g/mol. The van der Waals surface area contributed by atoms with E-state index in [1.807, 2.05) is 31.2 Å². The van der Waals surface area contributed by atoms with Crippen LogP contribution < -0.4 is 16.0 Å². The van der Waals surface area contributed by atoms with E-state index in [2.05, 4.69) is 18.8 Å². The second kappa shape index (κ2) is 9.26. The van der Waals surface area contributed by atoms with Crippen molar-refractivity contribution in [3.63, 3.8) is 0 Å². The summed E-state index contributed by atoms with van der Waals surface area (Å²) in [6.45, 7) is 6.30. The molecule has 0 bridgehead atoms. The second-order valence-electron chi connectivity index (χ2n) is 8.03. The first-order chi connectivity index (χ1) is 14.3. The minimum atomic E-state index is -0.435. The quantitative estimate of drug-likeness (QED) is 0.615. The number of nitrogens with zero attached hydrogens (tertiary/aromatic N) is 3. The third kappa shape index (κ3) is 4.46. The van der Waals surface area contributed by atoms with Gasteiger partial charge in [-0.15, -0.1) is 0 Å². The van der Waals surface area contributed by atoms with E-state index in [1.165, 1.54) is 9.13 Å². The van der Waals surface area contributed by atoms with Gasteiger partial charge in [0.25, 0.3) is 5.56 Å². The lowest BCUT2D eigenvalue weighted by atomic mass is 10.0. The van der Waals surface area contributed by atoms with Crippen molar-refractivity contribution in [1.82, 2.24) is 14.1 Å². The van der Waals surface area contributed by atoms with Crippen molar-refractivity contribution in [2.45, 2.75) is 46.6 Å². The van der Waals surface area contributed by atoms with Crippen molar-refractivity contribution in [3.05, 3.63) is 62.4 Å². The minimum absolute atomic E-state index is 0.0946. The number of aryl methyl sites for hydroxylation is 3. The smallest absolute Gasteiger partial charge is 0.332 e. The molecule has 1 N–H and O–H groups in total. The van der Waals surface area contributed by atoms with Gasteiger partial charge in [-0.25, -0.2) is 9.78 Å². The first kappa shape index (κ1) is 21.8. The number of hydrogen-bond donors (Lipinski definition) is 1. The van der Waals surface area contributed by atoms with Gasteiger partial charge in [-0.3, -0.25) is 13.9 Å². The van der Waals surface area contributed by atoms with Gasteiger partial charge in [0.15, 0.2) is 0 Å². The molecule has 160 valence electrons. The highest BCUT2D eigenvalue weighted by Gasteiger charge is 2.20. The van der Waals surface area contributed by atoms with Crippen molar-refractivity contribution in [2.24, 2.45) is 13.0 Å². The van der Waals surface area contributed by atoms with Crippen LogP contribution in [0.5, 0.6) is 11.5 Å². The number of aromatic nitrogens is 3. The zero-order valence-electron chi connectivity index (χ0n) is 18.0. The monoisotopic (exact) mass is 411 g/mol. The van der Waals surface area contributed by atoms with E-state index in [1.54, 1.807) is 13.2 Å². The van der Waals surface area contributed by atoms with E-state index < -0.39 is 5.69 Å². The van der Waals surface area contributed by atoms with Gasteiger partial charge in [-0.2, -0.15) is 0 Å². The molecule has 0 spiro atoms. The Morgan fingerprint density at radius 1 is 1.23 bits per heavy atom. The highest BCUT2D eigenvalue weighted by atomic mass is 16.5. The maximum Gasteiger partial charge on any atom is 0.332 e. The lowest BCUT2D eigenvalue weighted by Crippen LogP contribution is -2.40. The first-order valence-corrected chi connectivity index (χ1v) is 10.3. The molecule has 0 fully saturated rings. The third-order valence-electron chi connectivity index (χ3n) is 5.15. The van der Waals surface area contributed by atoms with Crippen molar-refractivity contribution in [3.8, 4) is 11.5 Å². The number of aliphatic hydroxyl groups excluding tert-OH is 1. The normalized spacial score (nSPS) is 11.4. The molecule has 0 unspecified atom stereocenters. The van der Waals surface area contributed by atoms with Gasteiger partial charge in [0.2, 0.25) is 0 Å². The van der Waals surface area contributed by atoms with Gasteiger partial charge in [-0.05, 0) is 49.8 Å². The summed E-state index contributed by atoms with van der Waals surface area (Å²) < 4.78 is 8.71. The van der Waals surface area contributed by atoms with Gasteiger partial charge >= 0.3 is 5.69 Å². The SMILES string of the molecule is Cc1cccc(Oc2cnc3c(c2CCC(C)C)c(=O)n(CCCO)c(=O)n3C)c1. The Bertz CT molecular complexity index is 1160. The summed E-state index contributed by atoms with van der Waals surface area (Å²) in [5.41, 5.74) is 1.35. The van der Waals surface area contributed by atoms with Crippen LogP contribution in [-0.4, -0.2) is 25.8 Å². The van der Waals surface area contributed by atoms with E-state index in [-0.39, 0.29) is 18.7 Å². The Kier molecular flexibility index (Phi) is 6.72. The molecule has 0 aliphatic carbocycles. The minimum Gasteiger partial charge on any atom is -0.455 e. The fraction of sp³-hybridized carbons (Fsp3) is 0.435. The van der Waals surface area contributed by atoms with E-state index >= 15 is 0 Å². The molecule has 0 atom stereocenters. The van der Waals surface area contributed by atoms with Gasteiger partial charge < -0.3 is 9.84 Å². The average molecular weight is 412 g/mol. The van der Waals surface area contributed by atoms with Gasteiger partial charge in [-0.1, -0.05) is 26.0 Å². The van der Waals surface area contributed by atoms with Crippen molar-refractivity contribution in [1.29, 1.82) is 0 Å². The fourth-order valence-electron chi connectivity index (χ4n) is 3.49. The molecule has 0 amide bonds. The number of fused-ring (bicyclic) bond motifs is 1. The van der Waals surface area contributed by atoms with Gasteiger partial charge in [0.1, 0.15) is 17.1 Å². The van der Waals surface area contributed by atoms with Gasteiger partial charge in [0.05, 0.1) is 11.6 Å². The Morgan fingerprint density at radius 3 is 2.67 bits per heavy atom. The summed E-state index contributed by atoms with van der Waals surface area (Å²) in [6.07, 6.45) is 3.42. The summed E-state index contributed by atoms with van der Waals surface area (Å²) in [6, 6.07) is 7.69. The molecule has 7 nitrogen and oxygen atoms in total. The molecule has 0 saturated carbocycles. The summed E-state index contributed by atoms with van der Waals surface area (Å²) in [4.78, 5) is 30.4. The van der Waals surface area contributed by atoms with E-state index in [0.29, 0.717) is 41.3 Å². The Morgan fingerprint density at radius 2 is 2.00 bits per heavy atom. The molecule has 2 aromatic heterocycles. The van der Waals surface area contributed by atoms with Crippen LogP contribution in [-0.2, 0) is 20.0 Å². The van der Waals surface area contributed by atoms with Crippen LogP contribution in [0.15, 0.2) is 40.1 Å². The molecule has 2 heterocycles. The Hall–Kier alpha value is -2.93. The van der Waals surface area contributed by atoms with Crippen LogP contribution in [0.4, 0.5) is 0 Å². The maximum absolute atomic E-state index is 13.3. The Labute approximate surface area is 175 Å². The number of benzene rings is 1. The molecule has 3 rings (SSSR count). The van der Waals surface area contributed by atoms with Crippen LogP contribution in [0.25, 0.3) is 11.0 Å². The first-order valence-electron chi connectivity index (χ1n) is 10.3. The van der Waals surface area contributed by atoms with Crippen LogP contribution >= 0.6 is 0 Å². The van der Waals surface area contributed by atoms with Crippen molar-refractivity contribution < 1.29 is 9.84 Å². The molecular formula is C23H29N3O4. The summed E-state index contributed by atoms with van der Waals surface area (Å²) in [7, 11) is 1.61. The predicted octanol–water partition coefficient (Wildman–Crippen LogP) is 3.17. The maximum atomic E-state index is 13.3. The predicted molar refractivity (Wildman–Crippen MR) is 117 cm³/mol. The highest BCUT2D eigenvalue weighted by molar-refractivity contribution is 5.80. The molecule has 0 saturated heterocycles. The second-order valence-corrected chi connectivity index (χ2v) is 8.03. The fourth-order valence-corrected chi connectivity index (χ4v) is 3.49. The van der Waals surface area contributed by atoms with E-state index in [9.17, 15) is 9.59 Å². The summed E-state index contributed by atoms with van der Waals surface area (Å²) in [5.74, 6) is 1.63. The summed E-state index contributed by atoms with van der Waals surface area (Å²) in [5, 5.41) is 9.57. The van der Waals surface area contributed by atoms with Crippen LogP contribution in [0, 0.1) is 12.8 Å². The number of hydrogen-bond acceptors (Lipinski definition) is 5. The standard InChI is InChI=1S/C23H29N3O4/c1-15(2)9-10-18-19(30-17-8-5-7-16(3)13-17)14-24-21-20(18)22(28)26(11-6-12-27)23(29)25(21)4/h5,7-8,13-15,27H,6,9-12H2,1-4H3. The molecule has 1 aromatic carbocycles. The number of ether oxygens (including phenoxy) is 1. The molecule has 0 aliphatic heterocycles. The molecule has 7 heteroatoms. The highest BCUT2D eigenvalue weighted by Crippen LogP contribution is 2.30. The largest absolute Gasteiger partial charge is 0.455 e. The van der Waals surface area contributed by atoms with E-state index in [0.717, 1.165) is 17.5 Å². The van der Waals surface area contributed by atoms with Crippen LogP contribution in [0.2, 0.25) is 0 Å². The Balaban J connectivity index is 2.25. The third-order valence-corrected chi connectivity index (χ3v) is 5.15. The van der Waals surface area contributed by atoms with Crippen molar-refractivity contribution in [2.75, 3.05) is 6.61 Å².